The van der Waals surface area contributed by atoms with Gasteiger partial charge in [-0.2, -0.15) is 0 Å². The van der Waals surface area contributed by atoms with Crippen molar-refractivity contribution in [3.8, 4) is 0 Å². The number of para-hydroxylation sites is 1. The average Bonchev–Trinajstić information content (AvgIpc) is 3.10. The maximum absolute atomic E-state index is 12.3. The fourth-order valence-corrected chi connectivity index (χ4v) is 4.32. The number of H-pyrrole nitrogens is 1. The molecule has 1 saturated heterocycles. The monoisotopic (exact) mass is 354 g/mol. The number of nitrogens with one attached hydrogen (secondary N) is 1. The van der Waals surface area contributed by atoms with E-state index in [1.54, 1.807) is 0 Å². The SMILES string of the molecule is CC[C@H]1CO[C@@H]2C[C@H]1C(C(=O)OC)=CN2CCc1c[nH]c2ccccc12. The molecular weight excluding hydrogens is 328 g/mol. The molecule has 4 rings (SSSR count). The Morgan fingerprint density at radius 2 is 2.23 bits per heavy atom. The van der Waals surface area contributed by atoms with Crippen molar-refractivity contribution in [2.75, 3.05) is 20.3 Å². The minimum absolute atomic E-state index is 0.0569. The van der Waals surface area contributed by atoms with Crippen LogP contribution in [0.25, 0.3) is 10.9 Å². The Balaban J connectivity index is 1.55. The highest BCUT2D eigenvalue weighted by molar-refractivity contribution is 5.89. The Labute approximate surface area is 154 Å². The van der Waals surface area contributed by atoms with Crippen molar-refractivity contribution in [3.05, 3.63) is 47.8 Å². The van der Waals surface area contributed by atoms with E-state index in [0.29, 0.717) is 12.5 Å². The normalized spacial score (nSPS) is 25.2. The predicted molar refractivity (Wildman–Crippen MR) is 100 cm³/mol. The third-order valence-corrected chi connectivity index (χ3v) is 5.86. The van der Waals surface area contributed by atoms with Crippen molar-refractivity contribution in [2.45, 2.75) is 32.4 Å². The summed E-state index contributed by atoms with van der Waals surface area (Å²) < 4.78 is 11.2. The first-order chi connectivity index (χ1) is 12.7. The van der Waals surface area contributed by atoms with Gasteiger partial charge in [0.1, 0.15) is 6.23 Å². The fourth-order valence-electron chi connectivity index (χ4n) is 4.32. The number of aromatic nitrogens is 1. The molecule has 3 heterocycles. The molecule has 0 amide bonds. The highest BCUT2D eigenvalue weighted by atomic mass is 16.5. The van der Waals surface area contributed by atoms with E-state index >= 15 is 0 Å². The van der Waals surface area contributed by atoms with E-state index in [-0.39, 0.29) is 18.1 Å². The highest BCUT2D eigenvalue weighted by Crippen LogP contribution is 2.39. The highest BCUT2D eigenvalue weighted by Gasteiger charge is 2.41. The number of ether oxygens (including phenoxy) is 2. The quantitative estimate of drug-likeness (QED) is 0.836. The number of esters is 1. The van der Waals surface area contributed by atoms with Crippen LogP contribution in [0.2, 0.25) is 0 Å². The van der Waals surface area contributed by atoms with Crippen LogP contribution in [0.15, 0.2) is 42.2 Å². The number of hydrogen-bond acceptors (Lipinski definition) is 4. The van der Waals surface area contributed by atoms with Crippen LogP contribution in [-0.2, 0) is 20.7 Å². The molecule has 2 aromatic rings. The van der Waals surface area contributed by atoms with Crippen LogP contribution in [0.3, 0.4) is 0 Å². The smallest absolute Gasteiger partial charge is 0.335 e. The third kappa shape index (κ3) is 3.01. The minimum Gasteiger partial charge on any atom is -0.466 e. The van der Waals surface area contributed by atoms with Gasteiger partial charge in [-0.25, -0.2) is 4.79 Å². The van der Waals surface area contributed by atoms with Gasteiger partial charge in [0.2, 0.25) is 0 Å². The summed E-state index contributed by atoms with van der Waals surface area (Å²) in [6.45, 7) is 3.69. The lowest BCUT2D eigenvalue weighted by Gasteiger charge is -2.45. The van der Waals surface area contributed by atoms with E-state index in [1.807, 2.05) is 12.3 Å². The summed E-state index contributed by atoms with van der Waals surface area (Å²) >= 11 is 0. The van der Waals surface area contributed by atoms with E-state index in [4.69, 9.17) is 9.47 Å². The maximum Gasteiger partial charge on any atom is 0.335 e. The molecule has 1 aromatic carbocycles. The molecule has 2 aliphatic rings. The molecule has 0 radical (unpaired) electrons. The molecule has 5 nitrogen and oxygen atoms in total. The van der Waals surface area contributed by atoms with Gasteiger partial charge in [0.25, 0.3) is 0 Å². The standard InChI is InChI=1S/C21H26N2O3/c1-3-14-13-26-20-10-17(14)18(21(24)25-2)12-23(20)9-8-15-11-22-19-7-5-4-6-16(15)19/h4-7,11-12,14,17,20,22H,3,8-10,13H2,1-2H3/t14-,17+,20+/m0/s1. The molecule has 0 unspecified atom stereocenters. The molecule has 0 spiro atoms. The number of methoxy groups -OCH3 is 1. The Kier molecular flexibility index (Phi) is 4.72. The first-order valence-electron chi connectivity index (χ1n) is 9.43. The van der Waals surface area contributed by atoms with Crippen LogP contribution < -0.4 is 0 Å². The van der Waals surface area contributed by atoms with Gasteiger partial charge in [0.05, 0.1) is 19.3 Å². The van der Waals surface area contributed by atoms with Crippen LogP contribution in [0.1, 0.15) is 25.3 Å². The van der Waals surface area contributed by atoms with Crippen LogP contribution in [0, 0.1) is 11.8 Å². The number of benzene rings is 1. The molecule has 26 heavy (non-hydrogen) atoms. The van der Waals surface area contributed by atoms with E-state index in [9.17, 15) is 4.79 Å². The van der Waals surface area contributed by atoms with Crippen molar-refractivity contribution in [1.82, 2.24) is 9.88 Å². The van der Waals surface area contributed by atoms with E-state index in [1.165, 1.54) is 18.1 Å². The summed E-state index contributed by atoms with van der Waals surface area (Å²) in [5, 5.41) is 1.26. The average molecular weight is 354 g/mol. The maximum atomic E-state index is 12.3. The topological polar surface area (TPSA) is 54.6 Å². The number of nitrogens with zero attached hydrogens (tertiary/aromatic N) is 1. The Morgan fingerprint density at radius 3 is 3.04 bits per heavy atom. The molecule has 3 atom stereocenters. The summed E-state index contributed by atoms with van der Waals surface area (Å²) in [5.74, 6) is 0.439. The molecule has 1 fully saturated rings. The minimum atomic E-state index is -0.203. The van der Waals surface area contributed by atoms with Crippen molar-refractivity contribution >= 4 is 16.9 Å². The summed E-state index contributed by atoms with van der Waals surface area (Å²) in [5.41, 5.74) is 3.25. The lowest BCUT2D eigenvalue weighted by molar-refractivity contribution is -0.143. The van der Waals surface area contributed by atoms with Crippen LogP contribution in [-0.4, -0.2) is 42.3 Å². The van der Waals surface area contributed by atoms with Gasteiger partial charge < -0.3 is 19.4 Å². The largest absolute Gasteiger partial charge is 0.466 e. The van der Waals surface area contributed by atoms with Crippen molar-refractivity contribution in [1.29, 1.82) is 0 Å². The summed E-state index contributed by atoms with van der Waals surface area (Å²) in [6, 6.07) is 8.34. The van der Waals surface area contributed by atoms with Crippen molar-refractivity contribution in [2.24, 2.45) is 11.8 Å². The molecule has 2 aliphatic heterocycles. The Morgan fingerprint density at radius 1 is 1.38 bits per heavy atom. The van der Waals surface area contributed by atoms with Crippen LogP contribution in [0.5, 0.6) is 0 Å². The van der Waals surface area contributed by atoms with Crippen LogP contribution >= 0.6 is 0 Å². The molecule has 5 heteroatoms. The second-order valence-electron chi connectivity index (χ2n) is 7.22. The lowest BCUT2D eigenvalue weighted by atomic mass is 9.78. The third-order valence-electron chi connectivity index (χ3n) is 5.86. The second-order valence-corrected chi connectivity index (χ2v) is 7.22. The molecule has 138 valence electrons. The van der Waals surface area contributed by atoms with Gasteiger partial charge in [-0.05, 0) is 30.4 Å². The molecule has 0 saturated carbocycles. The van der Waals surface area contributed by atoms with Gasteiger partial charge in [0.15, 0.2) is 0 Å². The van der Waals surface area contributed by atoms with Gasteiger partial charge in [-0.1, -0.05) is 31.5 Å². The number of hydrogen-bond donors (Lipinski definition) is 1. The van der Waals surface area contributed by atoms with Crippen molar-refractivity contribution in [3.63, 3.8) is 0 Å². The fraction of sp³-hybridized carbons (Fsp3) is 0.476. The zero-order chi connectivity index (χ0) is 18.1. The lowest BCUT2D eigenvalue weighted by Crippen LogP contribution is -2.48. The molecular formula is C21H26N2O3. The zero-order valence-corrected chi connectivity index (χ0v) is 15.4. The summed E-state index contributed by atoms with van der Waals surface area (Å²) in [4.78, 5) is 17.8. The summed E-state index contributed by atoms with van der Waals surface area (Å²) in [7, 11) is 1.46. The van der Waals surface area contributed by atoms with E-state index in [2.05, 4.69) is 41.2 Å². The first kappa shape index (κ1) is 17.2. The molecule has 0 aliphatic carbocycles. The Bertz CT molecular complexity index is 826. The number of aromatic amines is 1. The van der Waals surface area contributed by atoms with Gasteiger partial charge in [-0.3, -0.25) is 0 Å². The Hall–Kier alpha value is -2.27. The predicted octanol–water partition coefficient (Wildman–Crippen LogP) is 3.47. The molecule has 1 aromatic heterocycles. The van der Waals surface area contributed by atoms with Gasteiger partial charge in [-0.15, -0.1) is 0 Å². The van der Waals surface area contributed by atoms with E-state index < -0.39 is 0 Å². The van der Waals surface area contributed by atoms with Gasteiger partial charge in [0, 0.05) is 35.8 Å². The number of carbonyl (C=O) groups excluding carboxylic acids is 1. The van der Waals surface area contributed by atoms with E-state index in [0.717, 1.165) is 36.9 Å². The zero-order valence-electron chi connectivity index (χ0n) is 15.4. The second kappa shape index (κ2) is 7.16. The van der Waals surface area contributed by atoms with Crippen molar-refractivity contribution < 1.29 is 14.3 Å². The number of fused-ring (bicyclic) bond motifs is 3. The van der Waals surface area contributed by atoms with Gasteiger partial charge >= 0.3 is 5.97 Å². The number of rotatable bonds is 5. The van der Waals surface area contributed by atoms with Crippen LogP contribution in [0.4, 0.5) is 0 Å². The first-order valence-corrected chi connectivity index (χ1v) is 9.43. The molecule has 2 bridgehead atoms. The number of carbonyl (C=O) groups is 1. The molecule has 1 N–H and O–H groups in total. The summed E-state index contributed by atoms with van der Waals surface area (Å²) in [6.07, 6.45) is 6.91.